The molecule has 3 amide bonds. The first-order valence-electron chi connectivity index (χ1n) is 7.62. The zero-order valence-corrected chi connectivity index (χ0v) is 14.1. The molecule has 25 heavy (non-hydrogen) atoms. The van der Waals surface area contributed by atoms with E-state index in [0.29, 0.717) is 6.42 Å². The molecule has 0 unspecified atom stereocenters. The van der Waals surface area contributed by atoms with E-state index in [9.17, 15) is 24.0 Å². The van der Waals surface area contributed by atoms with Crippen molar-refractivity contribution in [2.75, 3.05) is 13.1 Å². The van der Waals surface area contributed by atoms with E-state index < -0.39 is 61.3 Å². The third-order valence-electron chi connectivity index (χ3n) is 3.38. The summed E-state index contributed by atoms with van der Waals surface area (Å²) in [7, 11) is 0. The van der Waals surface area contributed by atoms with Crippen molar-refractivity contribution in [1.82, 2.24) is 16.0 Å². The lowest BCUT2D eigenvalue weighted by atomic mass is 9.97. The lowest BCUT2D eigenvalue weighted by Crippen LogP contribution is -2.55. The van der Waals surface area contributed by atoms with Gasteiger partial charge in [0.25, 0.3) is 0 Å². The number of carbonyl (C=O) groups excluding carboxylic acids is 3. The van der Waals surface area contributed by atoms with Crippen LogP contribution in [0, 0.1) is 5.92 Å². The Bertz CT molecular complexity index is 523. The Labute approximate surface area is 144 Å². The molecular weight excluding hydrogens is 336 g/mol. The number of nitrogens with one attached hydrogen (secondary N) is 3. The Morgan fingerprint density at radius 1 is 0.960 bits per heavy atom. The van der Waals surface area contributed by atoms with Gasteiger partial charge in [-0.2, -0.15) is 0 Å². The highest BCUT2D eigenvalue weighted by Crippen LogP contribution is 2.08. The van der Waals surface area contributed by atoms with Crippen LogP contribution in [0.25, 0.3) is 0 Å². The highest BCUT2D eigenvalue weighted by Gasteiger charge is 2.28. The molecule has 3 atom stereocenters. The van der Waals surface area contributed by atoms with Gasteiger partial charge in [0.15, 0.2) is 0 Å². The minimum absolute atomic E-state index is 0.303. The summed E-state index contributed by atoms with van der Waals surface area (Å²) >= 11 is 0. The first-order chi connectivity index (χ1) is 11.6. The number of hydrogen-bond acceptors (Lipinski definition) is 6. The van der Waals surface area contributed by atoms with E-state index in [1.165, 1.54) is 0 Å². The van der Waals surface area contributed by atoms with Crippen LogP contribution in [0.5, 0.6) is 0 Å². The van der Waals surface area contributed by atoms with Gasteiger partial charge in [0, 0.05) is 0 Å². The van der Waals surface area contributed by atoms with Crippen molar-refractivity contribution in [1.29, 1.82) is 0 Å². The SMILES string of the molecule is CC[C@H](C)[C@H](NC(=O)[C@@H](N)CC(=O)O)C(=O)NCC(=O)NCC(=O)O. The molecule has 0 aromatic rings. The molecule has 0 rings (SSSR count). The Hall–Kier alpha value is -2.69. The molecule has 0 aliphatic rings. The highest BCUT2D eigenvalue weighted by molar-refractivity contribution is 5.93. The number of amides is 3. The molecule has 0 heterocycles. The van der Waals surface area contributed by atoms with Gasteiger partial charge in [0.05, 0.1) is 19.0 Å². The Balaban J connectivity index is 4.72. The fourth-order valence-electron chi connectivity index (χ4n) is 1.76. The number of carbonyl (C=O) groups is 5. The molecule has 0 fully saturated rings. The van der Waals surface area contributed by atoms with E-state index in [4.69, 9.17) is 15.9 Å². The second-order valence-electron chi connectivity index (χ2n) is 5.46. The zero-order chi connectivity index (χ0) is 19.6. The molecule has 11 nitrogen and oxygen atoms in total. The summed E-state index contributed by atoms with van der Waals surface area (Å²) in [5.41, 5.74) is 5.45. The van der Waals surface area contributed by atoms with E-state index in [-0.39, 0.29) is 5.92 Å². The van der Waals surface area contributed by atoms with Crippen LogP contribution in [0.3, 0.4) is 0 Å². The standard InChI is InChI=1S/C14H24N4O7/c1-3-7(2)12(18-13(24)8(15)4-10(20)21)14(25)17-5-9(19)16-6-11(22)23/h7-8,12H,3-6,15H2,1-2H3,(H,16,19)(H,17,25)(H,18,24)(H,20,21)(H,22,23)/t7-,8-,12-/m0/s1. The van der Waals surface area contributed by atoms with E-state index in [0.717, 1.165) is 0 Å². The fourth-order valence-corrected chi connectivity index (χ4v) is 1.76. The summed E-state index contributed by atoms with van der Waals surface area (Å²) in [5.74, 6) is -4.93. The third-order valence-corrected chi connectivity index (χ3v) is 3.38. The summed E-state index contributed by atoms with van der Waals surface area (Å²) in [4.78, 5) is 56.4. The van der Waals surface area contributed by atoms with E-state index in [1.807, 2.05) is 0 Å². The molecule has 0 bridgehead atoms. The first-order valence-corrected chi connectivity index (χ1v) is 7.62. The zero-order valence-electron chi connectivity index (χ0n) is 14.1. The van der Waals surface area contributed by atoms with E-state index in [2.05, 4.69) is 16.0 Å². The molecule has 11 heteroatoms. The summed E-state index contributed by atoms with van der Waals surface area (Å²) in [6, 6.07) is -2.32. The second-order valence-corrected chi connectivity index (χ2v) is 5.46. The van der Waals surface area contributed by atoms with Crippen molar-refractivity contribution in [3.05, 3.63) is 0 Å². The van der Waals surface area contributed by atoms with E-state index in [1.54, 1.807) is 13.8 Å². The minimum Gasteiger partial charge on any atom is -0.481 e. The Morgan fingerprint density at radius 2 is 1.56 bits per heavy atom. The number of nitrogens with two attached hydrogens (primary N) is 1. The highest BCUT2D eigenvalue weighted by atomic mass is 16.4. The lowest BCUT2D eigenvalue weighted by molar-refractivity contribution is -0.140. The third kappa shape index (κ3) is 9.25. The molecule has 142 valence electrons. The molecule has 0 aromatic heterocycles. The maximum atomic E-state index is 12.2. The molecular formula is C14H24N4O7. The summed E-state index contributed by atoms with van der Waals surface area (Å²) in [6.45, 7) is 2.44. The lowest BCUT2D eigenvalue weighted by Gasteiger charge is -2.24. The molecule has 0 saturated carbocycles. The van der Waals surface area contributed by atoms with Crippen molar-refractivity contribution < 1.29 is 34.2 Å². The van der Waals surface area contributed by atoms with Crippen LogP contribution in [0.1, 0.15) is 26.7 Å². The molecule has 7 N–H and O–H groups in total. The van der Waals surface area contributed by atoms with Gasteiger partial charge in [0.1, 0.15) is 12.6 Å². The molecule has 0 spiro atoms. The van der Waals surface area contributed by atoms with Crippen LogP contribution in [0.2, 0.25) is 0 Å². The Kier molecular flexibility index (Phi) is 9.79. The normalized spacial score (nSPS) is 13.9. The van der Waals surface area contributed by atoms with Crippen molar-refractivity contribution in [3.8, 4) is 0 Å². The van der Waals surface area contributed by atoms with Crippen LogP contribution in [0.4, 0.5) is 0 Å². The largest absolute Gasteiger partial charge is 0.481 e. The quantitative estimate of drug-likeness (QED) is 0.236. The summed E-state index contributed by atoms with van der Waals surface area (Å²) < 4.78 is 0. The van der Waals surface area contributed by atoms with Gasteiger partial charge < -0.3 is 31.9 Å². The number of hydrogen-bond donors (Lipinski definition) is 6. The number of aliphatic carboxylic acids is 2. The molecule has 0 aliphatic carbocycles. The van der Waals surface area contributed by atoms with Crippen LogP contribution in [0.15, 0.2) is 0 Å². The van der Waals surface area contributed by atoms with Crippen LogP contribution < -0.4 is 21.7 Å². The van der Waals surface area contributed by atoms with Crippen LogP contribution >= 0.6 is 0 Å². The number of carboxylic acid groups (broad SMARTS) is 2. The summed E-state index contributed by atoms with van der Waals surface area (Å²) in [6.07, 6.45) is -0.0595. The molecule has 0 aliphatic heterocycles. The van der Waals surface area contributed by atoms with Crippen LogP contribution in [-0.2, 0) is 24.0 Å². The molecule has 0 aromatic carbocycles. The number of carboxylic acids is 2. The van der Waals surface area contributed by atoms with Gasteiger partial charge in [-0.3, -0.25) is 24.0 Å². The predicted molar refractivity (Wildman–Crippen MR) is 85.3 cm³/mol. The van der Waals surface area contributed by atoms with Gasteiger partial charge in [-0.1, -0.05) is 20.3 Å². The van der Waals surface area contributed by atoms with Gasteiger partial charge in [-0.05, 0) is 5.92 Å². The maximum absolute atomic E-state index is 12.2. The van der Waals surface area contributed by atoms with E-state index >= 15 is 0 Å². The van der Waals surface area contributed by atoms with Crippen LogP contribution in [-0.4, -0.2) is 65.0 Å². The van der Waals surface area contributed by atoms with Gasteiger partial charge in [-0.15, -0.1) is 0 Å². The van der Waals surface area contributed by atoms with Gasteiger partial charge >= 0.3 is 11.9 Å². The minimum atomic E-state index is -1.31. The summed E-state index contributed by atoms with van der Waals surface area (Å²) in [5, 5.41) is 23.8. The van der Waals surface area contributed by atoms with Gasteiger partial charge in [0.2, 0.25) is 17.7 Å². The topological polar surface area (TPSA) is 188 Å². The smallest absolute Gasteiger partial charge is 0.322 e. The second kappa shape index (κ2) is 11.0. The average Bonchev–Trinajstić information content (AvgIpc) is 2.53. The van der Waals surface area contributed by atoms with Gasteiger partial charge in [-0.25, -0.2) is 0 Å². The first kappa shape index (κ1) is 22.3. The van der Waals surface area contributed by atoms with Crippen molar-refractivity contribution in [3.63, 3.8) is 0 Å². The Morgan fingerprint density at radius 3 is 2.04 bits per heavy atom. The fraction of sp³-hybridized carbons (Fsp3) is 0.643. The molecule has 0 saturated heterocycles. The van der Waals surface area contributed by atoms with Crippen molar-refractivity contribution >= 4 is 29.7 Å². The molecule has 0 radical (unpaired) electrons. The van der Waals surface area contributed by atoms with Crippen molar-refractivity contribution in [2.24, 2.45) is 11.7 Å². The van der Waals surface area contributed by atoms with Crippen molar-refractivity contribution in [2.45, 2.75) is 38.8 Å². The average molecular weight is 360 g/mol. The number of rotatable bonds is 11. The monoisotopic (exact) mass is 360 g/mol. The maximum Gasteiger partial charge on any atom is 0.322 e. The predicted octanol–water partition coefficient (Wildman–Crippen LogP) is -2.36.